The maximum absolute atomic E-state index is 12.9. The van der Waals surface area contributed by atoms with Crippen LogP contribution in [0.2, 0.25) is 0 Å². The van der Waals surface area contributed by atoms with Crippen LogP contribution in [0.3, 0.4) is 0 Å². The Morgan fingerprint density at radius 1 is 1.23 bits per heavy atom. The standard InChI is InChI=1S/C22H31NO3/c1-3-23(4-2)17-11-12-18-26-21(24)22(25,19-13-7-5-8-14-19)20-15-9-6-10-16-20/h5,7-8,13-14,20,25H,3-4,6,9-10,15-18H2,1-2H3/t22-/m1/s1/i17D2. The fourth-order valence-electron chi connectivity index (χ4n) is 3.48. The van der Waals surface area contributed by atoms with Gasteiger partial charge in [0.1, 0.15) is 0 Å². The minimum atomic E-state index is -1.78. The maximum atomic E-state index is 12.9. The van der Waals surface area contributed by atoms with Crippen LogP contribution in [0.5, 0.6) is 0 Å². The highest BCUT2D eigenvalue weighted by molar-refractivity contribution is 5.81. The molecule has 0 unspecified atom stereocenters. The third-order valence-corrected chi connectivity index (χ3v) is 5.06. The van der Waals surface area contributed by atoms with Crippen LogP contribution in [-0.4, -0.2) is 42.2 Å². The Bertz CT molecular complexity index is 689. The molecule has 1 aromatic rings. The summed E-state index contributed by atoms with van der Waals surface area (Å²) in [5.74, 6) is 4.25. The molecular formula is C22H31NO3. The van der Waals surface area contributed by atoms with E-state index < -0.39 is 18.1 Å². The van der Waals surface area contributed by atoms with Gasteiger partial charge in [-0.25, -0.2) is 4.79 Å². The lowest BCUT2D eigenvalue weighted by Crippen LogP contribution is -2.45. The number of carbonyl (C=O) groups is 1. The summed E-state index contributed by atoms with van der Waals surface area (Å²) in [7, 11) is 0. The molecule has 0 bridgehead atoms. The van der Waals surface area contributed by atoms with E-state index in [4.69, 9.17) is 7.48 Å². The van der Waals surface area contributed by atoms with Crippen molar-refractivity contribution in [2.45, 2.75) is 51.6 Å². The van der Waals surface area contributed by atoms with Crippen molar-refractivity contribution in [1.29, 1.82) is 0 Å². The first-order chi connectivity index (χ1) is 13.4. The number of carbonyl (C=O) groups excluding carboxylic acids is 1. The monoisotopic (exact) mass is 359 g/mol. The third kappa shape index (κ3) is 5.09. The van der Waals surface area contributed by atoms with E-state index in [0.717, 1.165) is 32.1 Å². The van der Waals surface area contributed by atoms with Crippen molar-refractivity contribution in [1.82, 2.24) is 4.90 Å². The molecule has 1 aliphatic carbocycles. The Morgan fingerprint density at radius 3 is 2.50 bits per heavy atom. The molecule has 142 valence electrons. The van der Waals surface area contributed by atoms with Gasteiger partial charge in [-0.3, -0.25) is 4.90 Å². The molecule has 1 fully saturated rings. The van der Waals surface area contributed by atoms with Crippen LogP contribution >= 0.6 is 0 Å². The van der Waals surface area contributed by atoms with Crippen molar-refractivity contribution in [3.8, 4) is 11.8 Å². The number of aliphatic hydroxyl groups is 1. The van der Waals surface area contributed by atoms with Gasteiger partial charge in [-0.15, -0.1) is 0 Å². The van der Waals surface area contributed by atoms with E-state index in [9.17, 15) is 9.90 Å². The highest BCUT2D eigenvalue weighted by Gasteiger charge is 2.46. The van der Waals surface area contributed by atoms with Gasteiger partial charge in [-0.05, 0) is 31.5 Å². The summed E-state index contributed by atoms with van der Waals surface area (Å²) in [6, 6.07) is 8.95. The first-order valence-electron chi connectivity index (χ1n) is 10.6. The first-order valence-corrected chi connectivity index (χ1v) is 9.56. The molecule has 0 radical (unpaired) electrons. The molecule has 0 saturated heterocycles. The molecule has 26 heavy (non-hydrogen) atoms. The fourth-order valence-corrected chi connectivity index (χ4v) is 3.48. The molecule has 0 spiro atoms. The number of rotatable bonds is 7. The van der Waals surface area contributed by atoms with Gasteiger partial charge < -0.3 is 9.84 Å². The molecule has 1 aliphatic rings. The van der Waals surface area contributed by atoms with Gasteiger partial charge in [0.15, 0.2) is 12.2 Å². The lowest BCUT2D eigenvalue weighted by Gasteiger charge is -2.36. The van der Waals surface area contributed by atoms with Gasteiger partial charge in [0, 0.05) is 5.92 Å². The van der Waals surface area contributed by atoms with Gasteiger partial charge in [-0.1, -0.05) is 75.3 Å². The summed E-state index contributed by atoms with van der Waals surface area (Å²) >= 11 is 0. The summed E-state index contributed by atoms with van der Waals surface area (Å²) in [5.41, 5.74) is -1.15. The predicted octanol–water partition coefficient (Wildman–Crippen LogP) is 3.34. The summed E-state index contributed by atoms with van der Waals surface area (Å²) in [5, 5.41) is 11.4. The third-order valence-electron chi connectivity index (χ3n) is 5.06. The van der Waals surface area contributed by atoms with E-state index in [2.05, 4.69) is 11.8 Å². The average Bonchev–Trinajstić information content (AvgIpc) is 2.72. The van der Waals surface area contributed by atoms with E-state index in [0.29, 0.717) is 18.7 Å². The number of nitrogens with zero attached hydrogens (tertiary/aromatic N) is 1. The number of hydrogen-bond donors (Lipinski definition) is 1. The Labute approximate surface area is 160 Å². The molecule has 1 N–H and O–H groups in total. The molecular weight excluding hydrogens is 326 g/mol. The number of esters is 1. The molecule has 0 aromatic heterocycles. The number of benzene rings is 1. The van der Waals surface area contributed by atoms with E-state index in [-0.39, 0.29) is 12.5 Å². The Kier molecular flexibility index (Phi) is 7.00. The van der Waals surface area contributed by atoms with E-state index >= 15 is 0 Å². The molecule has 0 amide bonds. The topological polar surface area (TPSA) is 49.8 Å². The molecule has 4 heteroatoms. The summed E-state index contributed by atoms with van der Waals surface area (Å²) < 4.78 is 21.3. The zero-order chi connectivity index (χ0) is 20.6. The average molecular weight is 360 g/mol. The lowest BCUT2D eigenvalue weighted by molar-refractivity contribution is -0.174. The van der Waals surface area contributed by atoms with Crippen molar-refractivity contribution in [2.24, 2.45) is 5.92 Å². The van der Waals surface area contributed by atoms with E-state index in [1.807, 2.05) is 19.9 Å². The van der Waals surface area contributed by atoms with Crippen LogP contribution in [0.25, 0.3) is 0 Å². The Balaban J connectivity index is 2.13. The van der Waals surface area contributed by atoms with Crippen molar-refractivity contribution >= 4 is 5.97 Å². The summed E-state index contributed by atoms with van der Waals surface area (Å²) in [4.78, 5) is 14.5. The Morgan fingerprint density at radius 2 is 1.88 bits per heavy atom. The van der Waals surface area contributed by atoms with Gasteiger partial charge in [-0.2, -0.15) is 0 Å². The van der Waals surface area contributed by atoms with Crippen LogP contribution in [0.15, 0.2) is 30.3 Å². The molecule has 1 saturated carbocycles. The molecule has 4 nitrogen and oxygen atoms in total. The second-order valence-electron chi connectivity index (χ2n) is 6.63. The SMILES string of the molecule is [2H]C([2H])(C#CCOC(=O)[C@@](O)(c1ccccc1)C1CCCCC1)N(CC)CC. The molecule has 0 aliphatic heterocycles. The Hall–Kier alpha value is -1.83. The fraction of sp³-hybridized carbons (Fsp3) is 0.591. The molecule has 0 heterocycles. The molecule has 1 aromatic carbocycles. The minimum absolute atomic E-state index is 0.189. The second kappa shape index (κ2) is 10.4. The van der Waals surface area contributed by atoms with Crippen molar-refractivity contribution in [3.05, 3.63) is 35.9 Å². The van der Waals surface area contributed by atoms with Crippen LogP contribution < -0.4 is 0 Å². The lowest BCUT2D eigenvalue weighted by atomic mass is 9.73. The predicted molar refractivity (Wildman–Crippen MR) is 103 cm³/mol. The van der Waals surface area contributed by atoms with E-state index in [1.165, 1.54) is 0 Å². The zero-order valence-electron chi connectivity index (χ0n) is 17.8. The summed E-state index contributed by atoms with van der Waals surface area (Å²) in [6.07, 6.45) is 4.63. The summed E-state index contributed by atoms with van der Waals surface area (Å²) in [6.45, 7) is 2.78. The highest BCUT2D eigenvalue weighted by Crippen LogP contribution is 2.40. The maximum Gasteiger partial charge on any atom is 0.344 e. The van der Waals surface area contributed by atoms with Crippen molar-refractivity contribution < 1.29 is 17.4 Å². The number of hydrogen-bond acceptors (Lipinski definition) is 4. The second-order valence-corrected chi connectivity index (χ2v) is 6.63. The zero-order valence-corrected chi connectivity index (χ0v) is 15.8. The normalized spacial score (nSPS) is 18.9. The van der Waals surface area contributed by atoms with Crippen molar-refractivity contribution in [3.63, 3.8) is 0 Å². The van der Waals surface area contributed by atoms with Crippen LogP contribution in [0, 0.1) is 17.8 Å². The van der Waals surface area contributed by atoms with Crippen molar-refractivity contribution in [2.75, 3.05) is 26.2 Å². The number of ether oxygens (including phenoxy) is 1. The van der Waals surface area contributed by atoms with Gasteiger partial charge in [0.25, 0.3) is 0 Å². The van der Waals surface area contributed by atoms with Crippen LogP contribution in [-0.2, 0) is 15.1 Å². The molecule has 1 atom stereocenters. The minimum Gasteiger partial charge on any atom is -0.450 e. The van der Waals surface area contributed by atoms with E-state index in [1.54, 1.807) is 29.2 Å². The van der Waals surface area contributed by atoms with Gasteiger partial charge in [0.05, 0.1) is 9.24 Å². The largest absolute Gasteiger partial charge is 0.450 e. The smallest absolute Gasteiger partial charge is 0.344 e. The quantitative estimate of drug-likeness (QED) is 0.599. The van der Waals surface area contributed by atoms with Crippen LogP contribution in [0.4, 0.5) is 0 Å². The van der Waals surface area contributed by atoms with Gasteiger partial charge >= 0.3 is 5.97 Å². The highest BCUT2D eigenvalue weighted by atomic mass is 16.5. The molecule has 2 rings (SSSR count). The van der Waals surface area contributed by atoms with Crippen LogP contribution in [0.1, 0.15) is 54.3 Å². The van der Waals surface area contributed by atoms with Gasteiger partial charge in [0.2, 0.25) is 0 Å². The first kappa shape index (κ1) is 17.6.